The van der Waals surface area contributed by atoms with Gasteiger partial charge in [0.2, 0.25) is 0 Å². The van der Waals surface area contributed by atoms with Crippen LogP contribution in [0.15, 0.2) is 71.9 Å². The van der Waals surface area contributed by atoms with Crippen molar-refractivity contribution < 1.29 is 14.3 Å². The summed E-state index contributed by atoms with van der Waals surface area (Å²) in [6.45, 7) is 7.11. The first kappa shape index (κ1) is 22.8. The van der Waals surface area contributed by atoms with Crippen molar-refractivity contribution >= 4 is 11.4 Å². The molecule has 0 aromatic heterocycles. The van der Waals surface area contributed by atoms with Crippen molar-refractivity contribution in [3.8, 4) is 16.9 Å². The maximum Gasteiger partial charge on any atom is 0.136 e. The average molecular weight is 448 g/mol. The minimum atomic E-state index is -0.293. The van der Waals surface area contributed by atoms with Gasteiger partial charge in [-0.2, -0.15) is 0 Å². The molecule has 6 heteroatoms. The summed E-state index contributed by atoms with van der Waals surface area (Å²) in [6, 6.07) is 20.5. The Labute approximate surface area is 194 Å². The number of oxime groups is 1. The minimum Gasteiger partial charge on any atom is -0.495 e. The molecule has 1 aliphatic rings. The normalized spacial score (nSPS) is 15.0. The lowest BCUT2D eigenvalue weighted by molar-refractivity contribution is 0.271. The van der Waals surface area contributed by atoms with Gasteiger partial charge < -0.3 is 19.7 Å². The van der Waals surface area contributed by atoms with Crippen molar-refractivity contribution in [1.82, 2.24) is 4.90 Å². The molecule has 0 unspecified atom stereocenters. The average Bonchev–Trinajstić information content (AvgIpc) is 2.88. The van der Waals surface area contributed by atoms with Crippen LogP contribution in [0.1, 0.15) is 18.1 Å². The quantitative estimate of drug-likeness (QED) is 0.312. The molecule has 1 N–H and O–H groups in total. The van der Waals surface area contributed by atoms with Gasteiger partial charge in [0, 0.05) is 49.4 Å². The summed E-state index contributed by atoms with van der Waals surface area (Å²) < 4.78 is 19.3. The SMILES string of the molecule is CCN1CCN(c2cc(/C(Cc3ccc(F)cc3)=N\O)c(OC)c(-c3ccccc3)c2)CC1. The number of piperazine rings is 1. The largest absolute Gasteiger partial charge is 0.495 e. The van der Waals surface area contributed by atoms with E-state index in [4.69, 9.17) is 4.74 Å². The second kappa shape index (κ2) is 10.5. The number of rotatable bonds is 7. The third-order valence-corrected chi connectivity index (χ3v) is 6.26. The number of likely N-dealkylation sites (N-methyl/N-ethyl adjacent to an activating group) is 1. The lowest BCUT2D eigenvalue weighted by atomic mass is 9.94. The Bertz CT molecular complexity index is 1090. The monoisotopic (exact) mass is 447 g/mol. The van der Waals surface area contributed by atoms with Crippen LogP contribution in [-0.4, -0.2) is 55.7 Å². The first-order valence-electron chi connectivity index (χ1n) is 11.3. The van der Waals surface area contributed by atoms with Gasteiger partial charge in [0.05, 0.1) is 12.8 Å². The van der Waals surface area contributed by atoms with Gasteiger partial charge in [-0.15, -0.1) is 0 Å². The molecular formula is C27H30FN3O2. The molecule has 0 radical (unpaired) electrons. The van der Waals surface area contributed by atoms with E-state index in [0.717, 1.165) is 60.7 Å². The highest BCUT2D eigenvalue weighted by Gasteiger charge is 2.22. The first-order chi connectivity index (χ1) is 16.1. The summed E-state index contributed by atoms with van der Waals surface area (Å²) in [6.07, 6.45) is 0.356. The Kier molecular flexibility index (Phi) is 7.25. The van der Waals surface area contributed by atoms with Crippen LogP contribution in [0.2, 0.25) is 0 Å². The number of nitrogens with zero attached hydrogens (tertiary/aromatic N) is 3. The lowest BCUT2D eigenvalue weighted by Crippen LogP contribution is -2.46. The molecule has 3 aromatic rings. The molecule has 1 aliphatic heterocycles. The van der Waals surface area contributed by atoms with E-state index in [1.807, 2.05) is 24.3 Å². The van der Waals surface area contributed by atoms with Gasteiger partial charge in [0.15, 0.2) is 0 Å². The van der Waals surface area contributed by atoms with Gasteiger partial charge in [-0.25, -0.2) is 4.39 Å². The molecule has 33 heavy (non-hydrogen) atoms. The summed E-state index contributed by atoms with van der Waals surface area (Å²) in [5.74, 6) is 0.366. The molecule has 1 heterocycles. The van der Waals surface area contributed by atoms with E-state index >= 15 is 0 Å². The molecule has 3 aromatic carbocycles. The summed E-state index contributed by atoms with van der Waals surface area (Å²) in [5.41, 5.74) is 5.12. The van der Waals surface area contributed by atoms with Crippen LogP contribution in [0.25, 0.3) is 11.1 Å². The highest BCUT2D eigenvalue weighted by molar-refractivity contribution is 6.06. The van der Waals surface area contributed by atoms with Gasteiger partial charge in [0.1, 0.15) is 11.6 Å². The number of anilines is 1. The fraction of sp³-hybridized carbons (Fsp3) is 0.296. The molecule has 1 fully saturated rings. The highest BCUT2D eigenvalue weighted by Crippen LogP contribution is 2.38. The number of ether oxygens (including phenoxy) is 1. The summed E-state index contributed by atoms with van der Waals surface area (Å²) in [5, 5.41) is 13.6. The van der Waals surface area contributed by atoms with Crippen LogP contribution < -0.4 is 9.64 Å². The Morgan fingerprint density at radius 3 is 2.30 bits per heavy atom. The van der Waals surface area contributed by atoms with Crippen LogP contribution in [0.5, 0.6) is 5.75 Å². The zero-order chi connectivity index (χ0) is 23.2. The molecule has 172 valence electrons. The van der Waals surface area contributed by atoms with Crippen molar-refractivity contribution in [3.63, 3.8) is 0 Å². The fourth-order valence-corrected chi connectivity index (χ4v) is 4.36. The summed E-state index contributed by atoms with van der Waals surface area (Å²) in [7, 11) is 1.64. The van der Waals surface area contributed by atoms with E-state index < -0.39 is 0 Å². The van der Waals surface area contributed by atoms with Gasteiger partial charge >= 0.3 is 0 Å². The van der Waals surface area contributed by atoms with Crippen molar-refractivity contribution in [2.45, 2.75) is 13.3 Å². The van der Waals surface area contributed by atoms with E-state index in [1.165, 1.54) is 12.1 Å². The number of benzene rings is 3. The van der Waals surface area contributed by atoms with Crippen LogP contribution in [0, 0.1) is 5.82 Å². The summed E-state index contributed by atoms with van der Waals surface area (Å²) >= 11 is 0. The number of hydrogen-bond acceptors (Lipinski definition) is 5. The van der Waals surface area contributed by atoms with Crippen molar-refractivity contribution in [2.75, 3.05) is 44.7 Å². The standard InChI is InChI=1S/C27H30FN3O2/c1-3-30-13-15-31(16-14-30)23-18-24(21-7-5-4-6-8-21)27(33-2)25(19-23)26(29-32)17-20-9-11-22(28)12-10-20/h4-12,18-19,32H,3,13-17H2,1-2H3/b29-26-. The topological polar surface area (TPSA) is 48.3 Å². The minimum absolute atomic E-state index is 0.293. The highest BCUT2D eigenvalue weighted by atomic mass is 19.1. The lowest BCUT2D eigenvalue weighted by Gasteiger charge is -2.36. The number of halogens is 1. The summed E-state index contributed by atoms with van der Waals surface area (Å²) in [4.78, 5) is 4.81. The molecule has 0 aliphatic carbocycles. The molecule has 4 rings (SSSR count). The van der Waals surface area contributed by atoms with E-state index in [2.05, 4.69) is 40.1 Å². The fourth-order valence-electron chi connectivity index (χ4n) is 4.36. The second-order valence-corrected chi connectivity index (χ2v) is 8.21. The van der Waals surface area contributed by atoms with E-state index in [0.29, 0.717) is 17.9 Å². The molecule has 0 spiro atoms. The van der Waals surface area contributed by atoms with Crippen LogP contribution in [-0.2, 0) is 6.42 Å². The van der Waals surface area contributed by atoms with Crippen LogP contribution in [0.3, 0.4) is 0 Å². The maximum atomic E-state index is 13.4. The van der Waals surface area contributed by atoms with Crippen molar-refractivity contribution in [2.24, 2.45) is 5.16 Å². The maximum absolute atomic E-state index is 13.4. The molecule has 0 amide bonds. The smallest absolute Gasteiger partial charge is 0.136 e. The third-order valence-electron chi connectivity index (χ3n) is 6.26. The zero-order valence-corrected chi connectivity index (χ0v) is 19.2. The van der Waals surface area contributed by atoms with Gasteiger partial charge in [-0.05, 0) is 41.9 Å². The van der Waals surface area contributed by atoms with Gasteiger partial charge in [0.25, 0.3) is 0 Å². The predicted molar refractivity (Wildman–Crippen MR) is 131 cm³/mol. The molecule has 5 nitrogen and oxygen atoms in total. The van der Waals surface area contributed by atoms with E-state index in [-0.39, 0.29) is 5.82 Å². The van der Waals surface area contributed by atoms with E-state index in [1.54, 1.807) is 19.2 Å². The zero-order valence-electron chi connectivity index (χ0n) is 19.2. The van der Waals surface area contributed by atoms with Crippen LogP contribution >= 0.6 is 0 Å². The molecule has 0 bridgehead atoms. The number of methoxy groups -OCH3 is 1. The Hall–Kier alpha value is -3.38. The number of hydrogen-bond donors (Lipinski definition) is 1. The Morgan fingerprint density at radius 1 is 1.00 bits per heavy atom. The predicted octanol–water partition coefficient (Wildman–Crippen LogP) is 5.06. The Balaban J connectivity index is 1.79. The molecule has 0 saturated carbocycles. The first-order valence-corrected chi connectivity index (χ1v) is 11.3. The second-order valence-electron chi connectivity index (χ2n) is 8.21. The van der Waals surface area contributed by atoms with Crippen LogP contribution in [0.4, 0.5) is 10.1 Å². The van der Waals surface area contributed by atoms with Crippen molar-refractivity contribution in [3.05, 3.63) is 83.7 Å². The molecular weight excluding hydrogens is 417 g/mol. The molecule has 1 saturated heterocycles. The van der Waals surface area contributed by atoms with E-state index in [9.17, 15) is 9.60 Å². The molecule has 0 atom stereocenters. The van der Waals surface area contributed by atoms with Gasteiger partial charge in [-0.3, -0.25) is 0 Å². The third kappa shape index (κ3) is 5.17. The van der Waals surface area contributed by atoms with Crippen molar-refractivity contribution in [1.29, 1.82) is 0 Å². The van der Waals surface area contributed by atoms with Gasteiger partial charge in [-0.1, -0.05) is 54.5 Å². The Morgan fingerprint density at radius 2 is 1.70 bits per heavy atom.